The average Bonchev–Trinajstić information content (AvgIpc) is 2.97. The maximum atomic E-state index is 13.8. The van der Waals surface area contributed by atoms with Crippen molar-refractivity contribution in [1.29, 1.82) is 0 Å². The Morgan fingerprint density at radius 2 is 2.03 bits per heavy atom. The number of benzene rings is 1. The highest BCUT2D eigenvalue weighted by Crippen LogP contribution is 2.31. The maximum absolute atomic E-state index is 13.8. The highest BCUT2D eigenvalue weighted by molar-refractivity contribution is 5.87. The Balaban J connectivity index is 1.43. The van der Waals surface area contributed by atoms with Crippen molar-refractivity contribution in [2.75, 3.05) is 6.54 Å². The van der Waals surface area contributed by atoms with Crippen molar-refractivity contribution in [3.05, 3.63) is 87.7 Å². The largest absolute Gasteiger partial charge is 0.487 e. The van der Waals surface area contributed by atoms with E-state index in [-0.39, 0.29) is 23.6 Å². The third-order valence-corrected chi connectivity index (χ3v) is 6.31. The summed E-state index contributed by atoms with van der Waals surface area (Å²) in [6.07, 6.45) is 3.05. The third-order valence-electron chi connectivity index (χ3n) is 6.31. The topological polar surface area (TPSA) is 89.6 Å². The summed E-state index contributed by atoms with van der Waals surface area (Å²) in [6.45, 7) is 0.581. The van der Waals surface area contributed by atoms with Crippen LogP contribution in [0.25, 0.3) is 16.6 Å². The molecule has 4 heterocycles. The molecule has 1 amide bonds. The number of carboxylic acid groups (broad SMARTS) is 1. The molecule has 8 nitrogen and oxygen atoms in total. The summed E-state index contributed by atoms with van der Waals surface area (Å²) < 4.78 is 35.8. The third kappa shape index (κ3) is 4.23. The Bertz CT molecular complexity index is 1510. The molecule has 0 unspecified atom stereocenters. The minimum atomic E-state index is -0.932. The van der Waals surface area contributed by atoms with Gasteiger partial charge >= 0.3 is 6.09 Å². The number of carbonyl (C=O) groups is 1. The van der Waals surface area contributed by atoms with Gasteiger partial charge in [0.05, 0.1) is 23.9 Å². The first-order valence-electron chi connectivity index (χ1n) is 11.1. The van der Waals surface area contributed by atoms with Crippen LogP contribution in [0.4, 0.5) is 13.6 Å². The Kier molecular flexibility index (Phi) is 5.72. The van der Waals surface area contributed by atoms with E-state index in [0.717, 1.165) is 47.3 Å². The van der Waals surface area contributed by atoms with Crippen molar-refractivity contribution in [3.63, 3.8) is 0 Å². The van der Waals surface area contributed by atoms with Gasteiger partial charge in [0.1, 0.15) is 23.9 Å². The Labute approximate surface area is 198 Å². The molecule has 180 valence electrons. The summed E-state index contributed by atoms with van der Waals surface area (Å²) in [5.74, 6) is -1.36. The van der Waals surface area contributed by atoms with Gasteiger partial charge in [0.15, 0.2) is 5.82 Å². The van der Waals surface area contributed by atoms with E-state index >= 15 is 0 Å². The van der Waals surface area contributed by atoms with Crippen LogP contribution in [0.15, 0.2) is 53.6 Å². The van der Waals surface area contributed by atoms with Gasteiger partial charge in [-0.1, -0.05) is 6.07 Å². The van der Waals surface area contributed by atoms with Gasteiger partial charge in [0.2, 0.25) is 0 Å². The lowest BCUT2D eigenvalue weighted by molar-refractivity contribution is 0.143. The highest BCUT2D eigenvalue weighted by Gasteiger charge is 2.23. The molecule has 1 aliphatic heterocycles. The minimum absolute atomic E-state index is 0.0639. The molecule has 0 atom stereocenters. The van der Waals surface area contributed by atoms with Gasteiger partial charge < -0.3 is 19.3 Å². The Morgan fingerprint density at radius 1 is 1.20 bits per heavy atom. The van der Waals surface area contributed by atoms with Crippen LogP contribution in [0.3, 0.4) is 0 Å². The van der Waals surface area contributed by atoms with Gasteiger partial charge in [0.25, 0.3) is 5.56 Å². The number of hydrogen-bond donors (Lipinski definition) is 1. The van der Waals surface area contributed by atoms with Gasteiger partial charge in [0, 0.05) is 48.6 Å². The highest BCUT2D eigenvalue weighted by atomic mass is 19.1. The van der Waals surface area contributed by atoms with E-state index < -0.39 is 17.7 Å². The molecule has 0 saturated carbocycles. The number of aryl methyl sites for hydroxylation is 1. The van der Waals surface area contributed by atoms with Crippen molar-refractivity contribution in [2.24, 2.45) is 7.05 Å². The zero-order valence-electron chi connectivity index (χ0n) is 18.9. The monoisotopic (exact) mass is 480 g/mol. The van der Waals surface area contributed by atoms with Crippen molar-refractivity contribution in [1.82, 2.24) is 19.0 Å². The van der Waals surface area contributed by atoms with Crippen LogP contribution in [-0.2, 0) is 26.6 Å². The van der Waals surface area contributed by atoms with E-state index in [9.17, 15) is 23.5 Å². The number of hydrogen-bond acceptors (Lipinski definition) is 4. The molecule has 35 heavy (non-hydrogen) atoms. The van der Waals surface area contributed by atoms with Crippen molar-refractivity contribution >= 4 is 17.0 Å². The minimum Gasteiger partial charge on any atom is -0.487 e. The van der Waals surface area contributed by atoms with E-state index in [2.05, 4.69) is 9.55 Å². The first-order chi connectivity index (χ1) is 16.8. The molecule has 0 saturated heterocycles. The van der Waals surface area contributed by atoms with Crippen LogP contribution in [-0.4, -0.2) is 36.8 Å². The van der Waals surface area contributed by atoms with Crippen LogP contribution < -0.4 is 10.3 Å². The summed E-state index contributed by atoms with van der Waals surface area (Å²) in [4.78, 5) is 29.5. The molecule has 0 radical (unpaired) electrons. The number of rotatable bonds is 4. The van der Waals surface area contributed by atoms with Crippen LogP contribution in [0, 0.1) is 11.6 Å². The zero-order valence-corrected chi connectivity index (χ0v) is 18.9. The van der Waals surface area contributed by atoms with E-state index in [0.29, 0.717) is 18.8 Å². The van der Waals surface area contributed by atoms with Gasteiger partial charge in [-0.05, 0) is 31.0 Å². The second-order valence-corrected chi connectivity index (χ2v) is 8.43. The number of pyridine rings is 2. The molecule has 0 bridgehead atoms. The standard InChI is InChI=1S/C25H22F2N4O4/c1-29-22-3-2-7-30(25(33)34)13-19(22)18-5-4-16(10-23(18)29)31-8-6-17(11-24(31)32)35-14-21-20(27)9-15(26)12-28-21/h4-6,8-12H,2-3,7,13-14H2,1H3,(H,33,34). The molecule has 1 N–H and O–H groups in total. The summed E-state index contributed by atoms with van der Waals surface area (Å²) in [7, 11) is 1.95. The molecule has 1 aromatic carbocycles. The summed E-state index contributed by atoms with van der Waals surface area (Å²) >= 11 is 0. The second-order valence-electron chi connectivity index (χ2n) is 8.43. The molecule has 5 rings (SSSR count). The normalized spacial score (nSPS) is 13.5. The van der Waals surface area contributed by atoms with Crippen LogP contribution in [0.2, 0.25) is 0 Å². The fourth-order valence-corrected chi connectivity index (χ4v) is 4.54. The lowest BCUT2D eigenvalue weighted by atomic mass is 10.1. The molecule has 10 heteroatoms. The number of amides is 1. The number of ether oxygens (including phenoxy) is 1. The maximum Gasteiger partial charge on any atom is 0.407 e. The van der Waals surface area contributed by atoms with E-state index in [1.54, 1.807) is 12.3 Å². The molecule has 4 aromatic rings. The number of fused-ring (bicyclic) bond motifs is 3. The smallest absolute Gasteiger partial charge is 0.407 e. The molecule has 0 fully saturated rings. The van der Waals surface area contributed by atoms with Crippen LogP contribution >= 0.6 is 0 Å². The van der Waals surface area contributed by atoms with E-state index in [4.69, 9.17) is 4.74 Å². The quantitative estimate of drug-likeness (QED) is 0.477. The van der Waals surface area contributed by atoms with E-state index in [1.807, 2.05) is 25.2 Å². The zero-order chi connectivity index (χ0) is 24.7. The van der Waals surface area contributed by atoms with Gasteiger partial charge in [-0.25, -0.2) is 13.6 Å². The first kappa shape index (κ1) is 22.6. The summed E-state index contributed by atoms with van der Waals surface area (Å²) in [5, 5.41) is 10.4. The van der Waals surface area contributed by atoms with E-state index in [1.165, 1.54) is 15.5 Å². The number of nitrogens with zero attached hydrogens (tertiary/aromatic N) is 4. The number of aromatic nitrogens is 3. The molecule has 3 aromatic heterocycles. The molecule has 0 spiro atoms. The summed E-state index contributed by atoms with van der Waals surface area (Å²) in [5.41, 5.74) is 3.23. The van der Waals surface area contributed by atoms with Gasteiger partial charge in [-0.3, -0.25) is 14.3 Å². The Hall–Kier alpha value is -4.21. The van der Waals surface area contributed by atoms with Crippen molar-refractivity contribution in [2.45, 2.75) is 26.0 Å². The predicted molar refractivity (Wildman–Crippen MR) is 124 cm³/mol. The molecule has 0 aliphatic carbocycles. The van der Waals surface area contributed by atoms with Crippen LogP contribution in [0.5, 0.6) is 5.75 Å². The first-order valence-corrected chi connectivity index (χ1v) is 11.1. The molecular formula is C25H22F2N4O4. The lowest BCUT2D eigenvalue weighted by Gasteiger charge is -2.16. The fraction of sp³-hybridized carbons (Fsp3) is 0.240. The van der Waals surface area contributed by atoms with Crippen molar-refractivity contribution in [3.8, 4) is 11.4 Å². The summed E-state index contributed by atoms with van der Waals surface area (Å²) in [6, 6.07) is 9.22. The van der Waals surface area contributed by atoms with Crippen molar-refractivity contribution < 1.29 is 23.4 Å². The lowest BCUT2D eigenvalue weighted by Crippen LogP contribution is -2.28. The fourth-order valence-electron chi connectivity index (χ4n) is 4.54. The molecular weight excluding hydrogens is 458 g/mol. The van der Waals surface area contributed by atoms with Gasteiger partial charge in [-0.2, -0.15) is 0 Å². The second kappa shape index (κ2) is 8.86. The predicted octanol–water partition coefficient (Wildman–Crippen LogP) is 4.01. The SMILES string of the molecule is Cn1c2c(c3ccc(-n4ccc(OCc5ncc(F)cc5F)cc4=O)cc31)CN(C(=O)O)CCC2. The van der Waals surface area contributed by atoms with Crippen LogP contribution in [0.1, 0.15) is 23.4 Å². The van der Waals surface area contributed by atoms with Gasteiger partial charge in [-0.15, -0.1) is 0 Å². The number of halogens is 2. The average molecular weight is 480 g/mol. The Morgan fingerprint density at radius 3 is 2.77 bits per heavy atom. The molecule has 1 aliphatic rings.